The molecule has 2 rings (SSSR count). The van der Waals surface area contributed by atoms with Crippen LogP contribution in [0.5, 0.6) is 0 Å². The highest BCUT2D eigenvalue weighted by Crippen LogP contribution is 2.29. The molecule has 3 N–H and O–H groups in total. The molecule has 1 aromatic heterocycles. The summed E-state index contributed by atoms with van der Waals surface area (Å²) in [6.45, 7) is 3.00. The number of hydrogen-bond acceptors (Lipinski definition) is 4. The summed E-state index contributed by atoms with van der Waals surface area (Å²) < 4.78 is 5.22. The fourth-order valence-corrected chi connectivity index (χ4v) is 3.12. The van der Waals surface area contributed by atoms with Gasteiger partial charge < -0.3 is 4.42 Å². The number of nitrogen functional groups attached to an aromatic ring is 1. The molecule has 1 amide bonds. The molecule has 0 aliphatic heterocycles. The Morgan fingerprint density at radius 1 is 1.45 bits per heavy atom. The molecule has 1 saturated carbocycles. The van der Waals surface area contributed by atoms with Crippen molar-refractivity contribution in [1.82, 2.24) is 10.3 Å². The third kappa shape index (κ3) is 3.41. The standard InChI is InChI=1S/C15H25N3O2/c1-3-11-4-6-13(7-5-11)18(2)10-12-8-9-20-14(12)15(19)17-16/h8-9,11,13H,3-7,10,16H2,1-2H3,(H,17,19). The van der Waals surface area contributed by atoms with Crippen molar-refractivity contribution in [2.75, 3.05) is 7.05 Å². The summed E-state index contributed by atoms with van der Waals surface area (Å²) in [4.78, 5) is 13.9. The molecular weight excluding hydrogens is 254 g/mol. The van der Waals surface area contributed by atoms with E-state index < -0.39 is 0 Å². The van der Waals surface area contributed by atoms with E-state index in [9.17, 15) is 4.79 Å². The third-order valence-corrected chi connectivity index (χ3v) is 4.52. The first-order valence-electron chi connectivity index (χ1n) is 7.43. The van der Waals surface area contributed by atoms with E-state index in [1.807, 2.05) is 6.07 Å². The molecular formula is C15H25N3O2. The van der Waals surface area contributed by atoms with E-state index in [1.54, 1.807) is 6.26 Å². The van der Waals surface area contributed by atoms with Crippen LogP contribution in [0.2, 0.25) is 0 Å². The van der Waals surface area contributed by atoms with Crippen molar-refractivity contribution in [3.8, 4) is 0 Å². The van der Waals surface area contributed by atoms with E-state index in [4.69, 9.17) is 10.3 Å². The predicted octanol–water partition coefficient (Wildman–Crippen LogP) is 2.28. The quantitative estimate of drug-likeness (QED) is 0.493. The van der Waals surface area contributed by atoms with Gasteiger partial charge in [0.25, 0.3) is 0 Å². The van der Waals surface area contributed by atoms with E-state index in [0.29, 0.717) is 11.8 Å². The van der Waals surface area contributed by atoms with E-state index >= 15 is 0 Å². The van der Waals surface area contributed by atoms with Crippen LogP contribution in [0.1, 0.15) is 55.1 Å². The van der Waals surface area contributed by atoms with Crippen LogP contribution in [0.25, 0.3) is 0 Å². The lowest BCUT2D eigenvalue weighted by Gasteiger charge is -2.34. The SMILES string of the molecule is CCC1CCC(N(C)Cc2ccoc2C(=O)NN)CC1. The first-order valence-corrected chi connectivity index (χ1v) is 7.43. The largest absolute Gasteiger partial charge is 0.459 e. The van der Waals surface area contributed by atoms with Crippen LogP contribution >= 0.6 is 0 Å². The van der Waals surface area contributed by atoms with E-state index in [1.165, 1.54) is 32.1 Å². The molecule has 0 unspecified atom stereocenters. The number of amides is 1. The predicted molar refractivity (Wildman–Crippen MR) is 77.9 cm³/mol. The van der Waals surface area contributed by atoms with Gasteiger partial charge in [0.1, 0.15) is 0 Å². The molecule has 0 aromatic carbocycles. The van der Waals surface area contributed by atoms with Gasteiger partial charge in [-0.2, -0.15) is 0 Å². The Kier molecular flexibility index (Phi) is 5.20. The molecule has 0 atom stereocenters. The van der Waals surface area contributed by atoms with Gasteiger partial charge in [0, 0.05) is 18.2 Å². The van der Waals surface area contributed by atoms with E-state index in [-0.39, 0.29) is 5.91 Å². The first-order chi connectivity index (χ1) is 9.65. The lowest BCUT2D eigenvalue weighted by atomic mass is 9.84. The molecule has 1 aliphatic carbocycles. The van der Waals surface area contributed by atoms with Crippen LogP contribution in [0.4, 0.5) is 0 Å². The maximum Gasteiger partial charge on any atom is 0.301 e. The van der Waals surface area contributed by atoms with Crippen LogP contribution < -0.4 is 11.3 Å². The van der Waals surface area contributed by atoms with Crippen LogP contribution in [-0.4, -0.2) is 23.9 Å². The lowest BCUT2D eigenvalue weighted by Crippen LogP contribution is -2.35. The van der Waals surface area contributed by atoms with Crippen LogP contribution in [0, 0.1) is 5.92 Å². The van der Waals surface area contributed by atoms with Gasteiger partial charge >= 0.3 is 5.91 Å². The van der Waals surface area contributed by atoms with Crippen molar-refractivity contribution in [2.45, 2.75) is 51.6 Å². The summed E-state index contributed by atoms with van der Waals surface area (Å²) in [6.07, 6.45) is 7.94. The molecule has 0 saturated heterocycles. The fraction of sp³-hybridized carbons (Fsp3) is 0.667. The van der Waals surface area contributed by atoms with Crippen LogP contribution in [0.3, 0.4) is 0 Å². The number of carbonyl (C=O) groups is 1. The van der Waals surface area contributed by atoms with E-state index in [0.717, 1.165) is 18.0 Å². The number of nitrogens with two attached hydrogens (primary N) is 1. The summed E-state index contributed by atoms with van der Waals surface area (Å²) in [5.41, 5.74) is 3.02. The van der Waals surface area contributed by atoms with Gasteiger partial charge in [-0.25, -0.2) is 5.84 Å². The first kappa shape index (κ1) is 15.1. The van der Waals surface area contributed by atoms with Gasteiger partial charge in [-0.15, -0.1) is 0 Å². The van der Waals surface area contributed by atoms with Gasteiger partial charge in [0.2, 0.25) is 0 Å². The normalized spacial score (nSPS) is 23.0. The molecule has 1 heterocycles. The minimum atomic E-state index is -0.368. The number of furan rings is 1. The zero-order chi connectivity index (χ0) is 14.5. The second kappa shape index (κ2) is 6.90. The average molecular weight is 279 g/mol. The average Bonchev–Trinajstić information content (AvgIpc) is 2.94. The second-order valence-corrected chi connectivity index (χ2v) is 5.75. The zero-order valence-electron chi connectivity index (χ0n) is 12.4. The van der Waals surface area contributed by atoms with Gasteiger partial charge in [0.15, 0.2) is 5.76 Å². The number of rotatable bonds is 5. The molecule has 5 nitrogen and oxygen atoms in total. The summed E-state index contributed by atoms with van der Waals surface area (Å²) in [6, 6.07) is 2.44. The van der Waals surface area contributed by atoms with Gasteiger partial charge in [0.05, 0.1) is 6.26 Å². The highest BCUT2D eigenvalue weighted by atomic mass is 16.3. The topological polar surface area (TPSA) is 71.5 Å². The monoisotopic (exact) mass is 279 g/mol. The third-order valence-electron chi connectivity index (χ3n) is 4.52. The summed E-state index contributed by atoms with van der Waals surface area (Å²) in [7, 11) is 2.12. The Balaban J connectivity index is 1.93. The number of hydrogen-bond donors (Lipinski definition) is 2. The molecule has 1 aliphatic rings. The summed E-state index contributed by atoms with van der Waals surface area (Å²) in [5.74, 6) is 6.01. The van der Waals surface area contributed by atoms with Crippen molar-refractivity contribution < 1.29 is 9.21 Å². The van der Waals surface area contributed by atoms with Crippen LogP contribution in [0.15, 0.2) is 16.7 Å². The Hall–Kier alpha value is -1.33. The van der Waals surface area contributed by atoms with Gasteiger partial charge in [-0.05, 0) is 44.7 Å². The maximum atomic E-state index is 11.6. The minimum Gasteiger partial charge on any atom is -0.459 e. The van der Waals surface area contributed by atoms with Crippen molar-refractivity contribution >= 4 is 5.91 Å². The van der Waals surface area contributed by atoms with Crippen molar-refractivity contribution in [1.29, 1.82) is 0 Å². The van der Waals surface area contributed by atoms with Gasteiger partial charge in [-0.1, -0.05) is 13.3 Å². The van der Waals surface area contributed by atoms with Gasteiger partial charge in [-0.3, -0.25) is 15.1 Å². The Morgan fingerprint density at radius 2 is 2.15 bits per heavy atom. The highest BCUT2D eigenvalue weighted by Gasteiger charge is 2.24. The lowest BCUT2D eigenvalue weighted by molar-refractivity contribution is 0.0921. The molecule has 1 aromatic rings. The molecule has 5 heteroatoms. The van der Waals surface area contributed by atoms with Crippen molar-refractivity contribution in [2.24, 2.45) is 11.8 Å². The van der Waals surface area contributed by atoms with Crippen LogP contribution in [-0.2, 0) is 6.54 Å². The molecule has 112 valence electrons. The highest BCUT2D eigenvalue weighted by molar-refractivity contribution is 5.92. The molecule has 20 heavy (non-hydrogen) atoms. The number of nitrogens with zero attached hydrogens (tertiary/aromatic N) is 1. The summed E-state index contributed by atoms with van der Waals surface area (Å²) >= 11 is 0. The molecule has 1 fully saturated rings. The molecule has 0 spiro atoms. The zero-order valence-corrected chi connectivity index (χ0v) is 12.4. The smallest absolute Gasteiger partial charge is 0.301 e. The number of nitrogens with one attached hydrogen (secondary N) is 1. The molecule has 0 radical (unpaired) electrons. The Morgan fingerprint density at radius 3 is 2.75 bits per heavy atom. The second-order valence-electron chi connectivity index (χ2n) is 5.75. The summed E-state index contributed by atoms with van der Waals surface area (Å²) in [5, 5.41) is 0. The van der Waals surface area contributed by atoms with E-state index in [2.05, 4.69) is 24.3 Å². The maximum absolute atomic E-state index is 11.6. The Labute approximate surface area is 120 Å². The molecule has 0 bridgehead atoms. The number of hydrazine groups is 1. The fourth-order valence-electron chi connectivity index (χ4n) is 3.12. The minimum absolute atomic E-state index is 0.321. The Bertz CT molecular complexity index is 436. The number of carbonyl (C=O) groups excluding carboxylic acids is 1. The van der Waals surface area contributed by atoms with Crippen molar-refractivity contribution in [3.63, 3.8) is 0 Å². The van der Waals surface area contributed by atoms with Crippen molar-refractivity contribution in [3.05, 3.63) is 23.7 Å².